The Morgan fingerprint density at radius 3 is 2.52 bits per heavy atom. The van der Waals surface area contributed by atoms with Gasteiger partial charge in [0.25, 0.3) is 5.91 Å². The van der Waals surface area contributed by atoms with E-state index in [9.17, 15) is 14.0 Å². The summed E-state index contributed by atoms with van der Waals surface area (Å²) in [6.45, 7) is 2.48. The molecule has 0 spiro atoms. The maximum atomic E-state index is 14.0. The van der Waals surface area contributed by atoms with Crippen molar-refractivity contribution in [2.75, 3.05) is 14.1 Å². The zero-order chi connectivity index (χ0) is 28.0. The smallest absolute Gasteiger partial charge is 0.270 e. The van der Waals surface area contributed by atoms with E-state index in [1.165, 1.54) is 17.0 Å². The number of halogens is 1. The minimum atomic E-state index is -0.313. The Morgan fingerprint density at radius 1 is 0.975 bits per heavy atom. The van der Waals surface area contributed by atoms with Gasteiger partial charge in [0.1, 0.15) is 22.9 Å². The topological polar surface area (TPSA) is 83.9 Å². The molecule has 0 saturated carbocycles. The minimum Gasteiger partial charge on any atom is -0.350 e. The Kier molecular flexibility index (Phi) is 6.23. The summed E-state index contributed by atoms with van der Waals surface area (Å²) in [6, 6.07) is 21.2. The molecule has 198 valence electrons. The van der Waals surface area contributed by atoms with Crippen LogP contribution in [0.1, 0.15) is 37.8 Å². The fourth-order valence-corrected chi connectivity index (χ4v) is 5.08. The molecule has 0 radical (unpaired) electrons. The standard InChI is InChI=1S/C32H26FN5O2/c1-19-35-27-17-34-14-13-28(27)38(19)18-20-5-4-6-23(15-20)31(39)29-25-12-9-22(21-7-10-24(33)11-8-21)16-26(25)36-30(29)32(40)37(2)3/h4-17,36H,18H2,1-3H3. The number of H-pyrrole nitrogens is 1. The lowest BCUT2D eigenvalue weighted by atomic mass is 9.97. The molecule has 3 aromatic heterocycles. The van der Waals surface area contributed by atoms with Crippen LogP contribution in [0.2, 0.25) is 0 Å². The summed E-state index contributed by atoms with van der Waals surface area (Å²) in [5, 5.41) is 0.649. The molecule has 0 unspecified atom stereocenters. The van der Waals surface area contributed by atoms with Crippen LogP contribution in [0.4, 0.5) is 4.39 Å². The minimum absolute atomic E-state index is 0.232. The molecule has 0 aliphatic heterocycles. The summed E-state index contributed by atoms with van der Waals surface area (Å²) in [5.74, 6) is -0.00309. The number of pyridine rings is 1. The maximum Gasteiger partial charge on any atom is 0.270 e. The average molecular weight is 532 g/mol. The van der Waals surface area contributed by atoms with Gasteiger partial charge in [-0.15, -0.1) is 0 Å². The lowest BCUT2D eigenvalue weighted by Crippen LogP contribution is -2.24. The van der Waals surface area contributed by atoms with Crippen molar-refractivity contribution in [3.05, 3.63) is 119 Å². The first kappa shape index (κ1) is 25.2. The number of fused-ring (bicyclic) bond motifs is 2. The summed E-state index contributed by atoms with van der Waals surface area (Å²) >= 11 is 0. The number of rotatable bonds is 6. The van der Waals surface area contributed by atoms with Crippen LogP contribution in [0.15, 0.2) is 85.2 Å². The zero-order valence-corrected chi connectivity index (χ0v) is 22.3. The molecule has 0 saturated heterocycles. The van der Waals surface area contributed by atoms with Gasteiger partial charge in [-0.1, -0.05) is 42.5 Å². The SMILES string of the molecule is Cc1nc2cnccc2n1Cc1cccc(C(=O)c2c(C(=O)N(C)C)[nH]c3cc(-c4ccc(F)cc4)ccc23)c1. The highest BCUT2D eigenvalue weighted by Crippen LogP contribution is 2.31. The van der Waals surface area contributed by atoms with E-state index in [2.05, 4.69) is 19.5 Å². The molecule has 8 heteroatoms. The second kappa shape index (κ2) is 9.89. The van der Waals surface area contributed by atoms with Crippen LogP contribution in [-0.2, 0) is 6.54 Å². The lowest BCUT2D eigenvalue weighted by molar-refractivity contribution is 0.0817. The average Bonchev–Trinajstić information content (AvgIpc) is 3.49. The van der Waals surface area contributed by atoms with E-state index in [4.69, 9.17) is 0 Å². The van der Waals surface area contributed by atoms with Crippen LogP contribution in [0.3, 0.4) is 0 Å². The van der Waals surface area contributed by atoms with Gasteiger partial charge in [-0.3, -0.25) is 14.6 Å². The molecule has 7 nitrogen and oxygen atoms in total. The van der Waals surface area contributed by atoms with Crippen molar-refractivity contribution in [3.63, 3.8) is 0 Å². The zero-order valence-electron chi connectivity index (χ0n) is 22.3. The first-order valence-corrected chi connectivity index (χ1v) is 12.8. The third-order valence-corrected chi connectivity index (χ3v) is 7.09. The van der Waals surface area contributed by atoms with Crippen molar-refractivity contribution in [2.45, 2.75) is 13.5 Å². The van der Waals surface area contributed by atoms with Crippen molar-refractivity contribution in [3.8, 4) is 11.1 Å². The first-order valence-electron chi connectivity index (χ1n) is 12.8. The van der Waals surface area contributed by atoms with Gasteiger partial charge in [0.2, 0.25) is 0 Å². The normalized spacial score (nSPS) is 11.3. The van der Waals surface area contributed by atoms with E-state index < -0.39 is 0 Å². The van der Waals surface area contributed by atoms with E-state index in [0.29, 0.717) is 28.6 Å². The number of carbonyl (C=O) groups is 2. The number of imidazole rings is 1. The number of ketones is 1. The number of benzene rings is 3. The third-order valence-electron chi connectivity index (χ3n) is 7.09. The number of aromatic amines is 1. The van der Waals surface area contributed by atoms with Crippen LogP contribution in [0.5, 0.6) is 0 Å². The Balaban J connectivity index is 1.42. The van der Waals surface area contributed by atoms with Gasteiger partial charge >= 0.3 is 0 Å². The molecule has 0 fully saturated rings. The summed E-state index contributed by atoms with van der Waals surface area (Å²) in [5.41, 5.74) is 6.09. The number of aryl methyl sites for hydroxylation is 1. The van der Waals surface area contributed by atoms with Crippen LogP contribution in [0.25, 0.3) is 33.1 Å². The van der Waals surface area contributed by atoms with Crippen molar-refractivity contribution in [2.24, 2.45) is 0 Å². The summed E-state index contributed by atoms with van der Waals surface area (Å²) in [7, 11) is 3.31. The Morgan fingerprint density at radius 2 is 1.75 bits per heavy atom. The predicted molar refractivity (Wildman–Crippen MR) is 153 cm³/mol. The van der Waals surface area contributed by atoms with E-state index in [1.807, 2.05) is 49.4 Å². The molecule has 0 aliphatic carbocycles. The molecule has 3 aromatic carbocycles. The van der Waals surface area contributed by atoms with E-state index >= 15 is 0 Å². The molecule has 1 N–H and O–H groups in total. The van der Waals surface area contributed by atoms with Gasteiger partial charge in [0.05, 0.1) is 17.3 Å². The van der Waals surface area contributed by atoms with Crippen LogP contribution < -0.4 is 0 Å². The third kappa shape index (κ3) is 4.43. The summed E-state index contributed by atoms with van der Waals surface area (Å²) in [6.07, 6.45) is 3.47. The lowest BCUT2D eigenvalue weighted by Gasteiger charge is -2.12. The van der Waals surface area contributed by atoms with Crippen molar-refractivity contribution < 1.29 is 14.0 Å². The number of nitrogens with zero attached hydrogens (tertiary/aromatic N) is 4. The molecule has 40 heavy (non-hydrogen) atoms. The van der Waals surface area contributed by atoms with E-state index in [1.54, 1.807) is 44.7 Å². The fourth-order valence-electron chi connectivity index (χ4n) is 5.08. The van der Waals surface area contributed by atoms with Gasteiger partial charge in [-0.2, -0.15) is 0 Å². The number of aromatic nitrogens is 4. The molecule has 3 heterocycles. The molecule has 0 atom stereocenters. The van der Waals surface area contributed by atoms with Crippen LogP contribution >= 0.6 is 0 Å². The maximum absolute atomic E-state index is 14.0. The molecule has 6 rings (SSSR count). The second-order valence-electron chi connectivity index (χ2n) is 9.98. The molecule has 1 amide bonds. The molecule has 0 aliphatic rings. The molecule has 0 bridgehead atoms. The Bertz CT molecular complexity index is 1920. The van der Waals surface area contributed by atoms with Crippen molar-refractivity contribution in [1.82, 2.24) is 24.4 Å². The second-order valence-corrected chi connectivity index (χ2v) is 9.98. The number of carbonyl (C=O) groups excluding carboxylic acids is 2. The van der Waals surface area contributed by atoms with Gasteiger partial charge in [0, 0.05) is 43.3 Å². The molecule has 6 aromatic rings. The monoisotopic (exact) mass is 531 g/mol. The number of nitrogens with one attached hydrogen (secondary N) is 1. The van der Waals surface area contributed by atoms with E-state index in [-0.39, 0.29) is 23.2 Å². The van der Waals surface area contributed by atoms with Gasteiger partial charge in [-0.05, 0) is 53.9 Å². The molecular formula is C32H26FN5O2. The number of hydrogen-bond acceptors (Lipinski definition) is 4. The van der Waals surface area contributed by atoms with Crippen molar-refractivity contribution in [1.29, 1.82) is 0 Å². The van der Waals surface area contributed by atoms with Gasteiger partial charge < -0.3 is 14.5 Å². The highest BCUT2D eigenvalue weighted by molar-refractivity contribution is 6.22. The van der Waals surface area contributed by atoms with Crippen molar-refractivity contribution >= 4 is 33.6 Å². The Labute approximate surface area is 229 Å². The van der Waals surface area contributed by atoms with Gasteiger partial charge in [0.15, 0.2) is 5.78 Å². The summed E-state index contributed by atoms with van der Waals surface area (Å²) in [4.78, 5) is 40.6. The Hall–Kier alpha value is -5.11. The largest absolute Gasteiger partial charge is 0.350 e. The first-order chi connectivity index (χ1) is 19.3. The highest BCUT2D eigenvalue weighted by Gasteiger charge is 2.26. The number of amides is 1. The van der Waals surface area contributed by atoms with Crippen LogP contribution in [-0.4, -0.2) is 50.2 Å². The predicted octanol–water partition coefficient (Wildman–Crippen LogP) is 6.01. The summed E-state index contributed by atoms with van der Waals surface area (Å²) < 4.78 is 15.5. The quantitative estimate of drug-likeness (QED) is 0.267. The van der Waals surface area contributed by atoms with Gasteiger partial charge in [-0.25, -0.2) is 9.37 Å². The number of hydrogen-bond donors (Lipinski definition) is 1. The van der Waals surface area contributed by atoms with Crippen LogP contribution in [0, 0.1) is 12.7 Å². The highest BCUT2D eigenvalue weighted by atomic mass is 19.1. The van der Waals surface area contributed by atoms with E-state index in [0.717, 1.165) is 33.5 Å². The fraction of sp³-hybridized carbons (Fsp3) is 0.125. The molecular weight excluding hydrogens is 505 g/mol.